The van der Waals surface area contributed by atoms with Crippen molar-refractivity contribution >= 4 is 33.0 Å². The van der Waals surface area contributed by atoms with E-state index in [1.54, 1.807) is 24.3 Å². The molecule has 0 saturated carbocycles. The van der Waals surface area contributed by atoms with Crippen molar-refractivity contribution in [3.8, 4) is 5.75 Å². The molecule has 0 bridgehead atoms. The number of hydrogen-bond donors (Lipinski definition) is 2. The minimum atomic E-state index is -3.77. The summed E-state index contributed by atoms with van der Waals surface area (Å²) < 4.78 is 32.2. The highest BCUT2D eigenvalue weighted by molar-refractivity contribution is 7.92. The minimum Gasteiger partial charge on any atom is -0.495 e. The molecule has 0 atom stereocenters. The largest absolute Gasteiger partial charge is 0.495 e. The Labute approximate surface area is 128 Å². The Balaban J connectivity index is 2.37. The molecule has 0 radical (unpaired) electrons. The molecular formula is C14H15ClN2O3S. The lowest BCUT2D eigenvalue weighted by Crippen LogP contribution is -2.15. The highest BCUT2D eigenvalue weighted by atomic mass is 35.5. The zero-order valence-corrected chi connectivity index (χ0v) is 13.1. The lowest BCUT2D eigenvalue weighted by atomic mass is 10.2. The summed E-state index contributed by atoms with van der Waals surface area (Å²) in [4.78, 5) is 0.0296. The smallest absolute Gasteiger partial charge is 0.263 e. The Morgan fingerprint density at radius 3 is 2.52 bits per heavy atom. The number of aryl methyl sites for hydroxylation is 1. The van der Waals surface area contributed by atoms with Crippen LogP contribution in [-0.2, 0) is 10.0 Å². The second-order valence-electron chi connectivity index (χ2n) is 4.50. The molecule has 0 spiro atoms. The molecule has 5 nitrogen and oxygen atoms in total. The SMILES string of the molecule is COc1cc(NS(=O)(=O)c2ccc(C)cc2N)ccc1Cl. The lowest BCUT2D eigenvalue weighted by Gasteiger charge is -2.12. The van der Waals surface area contributed by atoms with E-state index in [9.17, 15) is 8.42 Å². The second kappa shape index (κ2) is 5.83. The predicted molar refractivity (Wildman–Crippen MR) is 84.4 cm³/mol. The molecule has 21 heavy (non-hydrogen) atoms. The Bertz CT molecular complexity index is 776. The highest BCUT2D eigenvalue weighted by Crippen LogP contribution is 2.29. The van der Waals surface area contributed by atoms with Gasteiger partial charge in [-0.2, -0.15) is 0 Å². The van der Waals surface area contributed by atoms with Crippen LogP contribution >= 0.6 is 11.6 Å². The van der Waals surface area contributed by atoms with E-state index in [1.807, 2.05) is 6.92 Å². The van der Waals surface area contributed by atoms with Crippen LogP contribution in [0.15, 0.2) is 41.3 Å². The summed E-state index contributed by atoms with van der Waals surface area (Å²) in [5.41, 5.74) is 7.21. The van der Waals surface area contributed by atoms with Crippen LogP contribution in [0.1, 0.15) is 5.56 Å². The van der Waals surface area contributed by atoms with E-state index in [1.165, 1.54) is 19.2 Å². The Morgan fingerprint density at radius 2 is 1.90 bits per heavy atom. The molecule has 0 aliphatic heterocycles. The summed E-state index contributed by atoms with van der Waals surface area (Å²) in [7, 11) is -2.32. The van der Waals surface area contributed by atoms with E-state index in [0.29, 0.717) is 16.5 Å². The fourth-order valence-electron chi connectivity index (χ4n) is 1.85. The average Bonchev–Trinajstić information content (AvgIpc) is 2.40. The number of nitrogens with two attached hydrogens (primary N) is 1. The Kier molecular flexibility index (Phi) is 4.29. The van der Waals surface area contributed by atoms with Crippen LogP contribution in [0.25, 0.3) is 0 Å². The third-order valence-corrected chi connectivity index (χ3v) is 4.63. The molecule has 112 valence electrons. The maximum absolute atomic E-state index is 12.4. The Morgan fingerprint density at radius 1 is 1.19 bits per heavy atom. The zero-order valence-electron chi connectivity index (χ0n) is 11.6. The molecule has 3 N–H and O–H groups in total. The van der Waals surface area contributed by atoms with Crippen LogP contribution in [0.2, 0.25) is 5.02 Å². The van der Waals surface area contributed by atoms with Crippen molar-refractivity contribution < 1.29 is 13.2 Å². The number of nitrogens with one attached hydrogen (secondary N) is 1. The van der Waals surface area contributed by atoms with Gasteiger partial charge in [-0.3, -0.25) is 4.72 Å². The number of benzene rings is 2. The van der Waals surface area contributed by atoms with Crippen LogP contribution in [0.4, 0.5) is 11.4 Å². The molecule has 0 aliphatic carbocycles. The molecular weight excluding hydrogens is 312 g/mol. The fourth-order valence-corrected chi connectivity index (χ4v) is 3.20. The number of methoxy groups -OCH3 is 1. The van der Waals surface area contributed by atoms with Gasteiger partial charge in [0.25, 0.3) is 10.0 Å². The molecule has 2 rings (SSSR count). The van der Waals surface area contributed by atoms with Gasteiger partial charge in [-0.25, -0.2) is 8.42 Å². The van der Waals surface area contributed by atoms with Crippen LogP contribution in [0, 0.1) is 6.92 Å². The van der Waals surface area contributed by atoms with E-state index in [0.717, 1.165) is 5.56 Å². The minimum absolute atomic E-state index is 0.0296. The topological polar surface area (TPSA) is 81.4 Å². The van der Waals surface area contributed by atoms with E-state index in [-0.39, 0.29) is 10.6 Å². The first-order valence-corrected chi connectivity index (χ1v) is 7.92. The van der Waals surface area contributed by atoms with Gasteiger partial charge in [-0.05, 0) is 36.8 Å². The van der Waals surface area contributed by atoms with E-state index in [2.05, 4.69) is 4.72 Å². The number of ether oxygens (including phenoxy) is 1. The summed E-state index contributed by atoms with van der Waals surface area (Å²) in [5.74, 6) is 0.383. The standard InChI is InChI=1S/C14H15ClN2O3S/c1-9-3-6-14(12(16)7-9)21(18,19)17-10-4-5-11(15)13(8-10)20-2/h3-8,17H,16H2,1-2H3. The molecule has 0 saturated heterocycles. The van der Waals surface area contributed by atoms with Crippen molar-refractivity contribution in [1.82, 2.24) is 0 Å². The summed E-state index contributed by atoms with van der Waals surface area (Å²) in [6.07, 6.45) is 0. The maximum atomic E-state index is 12.4. The van der Waals surface area contributed by atoms with E-state index < -0.39 is 10.0 Å². The fraction of sp³-hybridized carbons (Fsp3) is 0.143. The molecule has 2 aromatic rings. The maximum Gasteiger partial charge on any atom is 0.263 e. The summed E-state index contributed by atoms with van der Waals surface area (Å²) in [5, 5.41) is 0.398. The van der Waals surface area contributed by atoms with Gasteiger partial charge in [0.1, 0.15) is 10.6 Å². The number of rotatable bonds is 4. The molecule has 2 aromatic carbocycles. The number of halogens is 1. The van der Waals surface area contributed by atoms with Crippen LogP contribution < -0.4 is 15.2 Å². The third-order valence-electron chi connectivity index (χ3n) is 2.86. The third kappa shape index (κ3) is 3.40. The zero-order chi connectivity index (χ0) is 15.6. The van der Waals surface area contributed by atoms with Gasteiger partial charge in [0.05, 0.1) is 23.5 Å². The number of hydrogen-bond acceptors (Lipinski definition) is 4. The molecule has 7 heteroatoms. The molecule has 0 amide bonds. The van der Waals surface area contributed by atoms with E-state index in [4.69, 9.17) is 22.1 Å². The lowest BCUT2D eigenvalue weighted by molar-refractivity contribution is 0.415. The summed E-state index contributed by atoms with van der Waals surface area (Å²) in [6, 6.07) is 9.37. The van der Waals surface area contributed by atoms with Gasteiger partial charge >= 0.3 is 0 Å². The summed E-state index contributed by atoms with van der Waals surface area (Å²) >= 11 is 5.91. The normalized spacial score (nSPS) is 11.2. The van der Waals surface area contributed by atoms with Crippen molar-refractivity contribution in [2.75, 3.05) is 17.6 Å². The van der Waals surface area contributed by atoms with Gasteiger partial charge in [0, 0.05) is 6.07 Å². The monoisotopic (exact) mass is 326 g/mol. The van der Waals surface area contributed by atoms with Gasteiger partial charge < -0.3 is 10.5 Å². The molecule has 0 unspecified atom stereocenters. The van der Waals surface area contributed by atoms with Gasteiger partial charge in [-0.15, -0.1) is 0 Å². The Hall–Kier alpha value is -1.92. The van der Waals surface area contributed by atoms with Crippen molar-refractivity contribution in [1.29, 1.82) is 0 Å². The van der Waals surface area contributed by atoms with Crippen LogP contribution in [0.5, 0.6) is 5.75 Å². The number of nitrogen functional groups attached to an aromatic ring is 1. The van der Waals surface area contributed by atoms with Crippen LogP contribution in [-0.4, -0.2) is 15.5 Å². The first-order chi connectivity index (χ1) is 9.83. The van der Waals surface area contributed by atoms with Crippen molar-refractivity contribution in [3.63, 3.8) is 0 Å². The van der Waals surface area contributed by atoms with Gasteiger partial charge in [0.15, 0.2) is 0 Å². The first-order valence-electron chi connectivity index (χ1n) is 6.06. The predicted octanol–water partition coefficient (Wildman–Crippen LogP) is 3.04. The van der Waals surface area contributed by atoms with E-state index >= 15 is 0 Å². The van der Waals surface area contributed by atoms with Gasteiger partial charge in [-0.1, -0.05) is 17.7 Å². The van der Waals surface area contributed by atoms with Crippen molar-refractivity contribution in [3.05, 3.63) is 47.0 Å². The molecule has 0 heterocycles. The quantitative estimate of drug-likeness (QED) is 0.846. The molecule has 0 aliphatic rings. The molecule has 0 fully saturated rings. The highest BCUT2D eigenvalue weighted by Gasteiger charge is 2.18. The van der Waals surface area contributed by atoms with Crippen molar-refractivity contribution in [2.45, 2.75) is 11.8 Å². The average molecular weight is 327 g/mol. The van der Waals surface area contributed by atoms with Gasteiger partial charge in [0.2, 0.25) is 0 Å². The number of anilines is 2. The first kappa shape index (κ1) is 15.5. The van der Waals surface area contributed by atoms with Crippen LogP contribution in [0.3, 0.4) is 0 Å². The van der Waals surface area contributed by atoms with Crippen molar-refractivity contribution in [2.24, 2.45) is 0 Å². The second-order valence-corrected chi connectivity index (χ2v) is 6.55. The molecule has 0 aromatic heterocycles. The summed E-state index contributed by atoms with van der Waals surface area (Å²) in [6.45, 7) is 1.84. The number of sulfonamides is 1.